The SMILES string of the molecule is O=C(NCc1ccccc1)c1cc(C2C3CC4CC(C3)CC2C4)c2ccccc2n1. The van der Waals surface area contributed by atoms with Crippen molar-refractivity contribution in [3.05, 3.63) is 77.5 Å². The van der Waals surface area contributed by atoms with E-state index in [1.54, 1.807) is 0 Å². The summed E-state index contributed by atoms with van der Waals surface area (Å²) in [5.41, 5.74) is 3.99. The minimum absolute atomic E-state index is 0.0744. The normalized spacial score (nSPS) is 29.3. The fourth-order valence-corrected chi connectivity index (χ4v) is 6.90. The number of rotatable bonds is 4. The minimum Gasteiger partial charge on any atom is -0.347 e. The van der Waals surface area contributed by atoms with Gasteiger partial charge in [0.1, 0.15) is 5.69 Å². The van der Waals surface area contributed by atoms with Gasteiger partial charge in [0.25, 0.3) is 5.91 Å². The van der Waals surface area contributed by atoms with Gasteiger partial charge < -0.3 is 5.32 Å². The summed E-state index contributed by atoms with van der Waals surface area (Å²) in [6.07, 6.45) is 6.98. The zero-order valence-electron chi connectivity index (χ0n) is 17.3. The number of pyridine rings is 1. The van der Waals surface area contributed by atoms with Crippen molar-refractivity contribution in [3.8, 4) is 0 Å². The number of fused-ring (bicyclic) bond motifs is 1. The van der Waals surface area contributed by atoms with Crippen LogP contribution in [0.15, 0.2) is 60.7 Å². The van der Waals surface area contributed by atoms with E-state index in [1.807, 2.05) is 36.4 Å². The predicted octanol–water partition coefficient (Wildman–Crippen LogP) is 5.70. The van der Waals surface area contributed by atoms with E-state index in [9.17, 15) is 4.79 Å². The van der Waals surface area contributed by atoms with Crippen molar-refractivity contribution in [2.75, 3.05) is 0 Å². The lowest BCUT2D eigenvalue weighted by atomic mass is 9.50. The van der Waals surface area contributed by atoms with Crippen LogP contribution in [0.3, 0.4) is 0 Å². The number of carbonyl (C=O) groups is 1. The average molecular weight is 397 g/mol. The van der Waals surface area contributed by atoms with Crippen molar-refractivity contribution in [3.63, 3.8) is 0 Å². The number of carbonyl (C=O) groups excluding carboxylic acids is 1. The molecule has 4 saturated carbocycles. The molecule has 4 aliphatic rings. The highest BCUT2D eigenvalue weighted by atomic mass is 16.1. The second-order valence-electron chi connectivity index (χ2n) is 9.74. The lowest BCUT2D eigenvalue weighted by Gasteiger charge is -2.54. The smallest absolute Gasteiger partial charge is 0.270 e. The monoisotopic (exact) mass is 396 g/mol. The molecule has 0 saturated heterocycles. The Morgan fingerprint density at radius 3 is 2.27 bits per heavy atom. The van der Waals surface area contributed by atoms with Crippen LogP contribution < -0.4 is 5.32 Å². The van der Waals surface area contributed by atoms with E-state index in [0.717, 1.165) is 34.8 Å². The van der Waals surface area contributed by atoms with Gasteiger partial charge in [0.05, 0.1) is 5.52 Å². The Morgan fingerprint density at radius 1 is 0.867 bits per heavy atom. The molecule has 1 amide bonds. The van der Waals surface area contributed by atoms with Gasteiger partial charge >= 0.3 is 0 Å². The number of aromatic nitrogens is 1. The van der Waals surface area contributed by atoms with Gasteiger partial charge in [-0.25, -0.2) is 4.98 Å². The predicted molar refractivity (Wildman–Crippen MR) is 119 cm³/mol. The van der Waals surface area contributed by atoms with Gasteiger partial charge in [0, 0.05) is 11.9 Å². The Bertz CT molecular complexity index is 1060. The Kier molecular flexibility index (Phi) is 4.36. The summed E-state index contributed by atoms with van der Waals surface area (Å²) in [4.78, 5) is 17.8. The molecular formula is C27H28N2O. The molecule has 1 aromatic heterocycles. The fraction of sp³-hybridized carbons (Fsp3) is 0.407. The van der Waals surface area contributed by atoms with E-state index >= 15 is 0 Å². The second-order valence-corrected chi connectivity index (χ2v) is 9.74. The molecule has 0 unspecified atom stereocenters. The summed E-state index contributed by atoms with van der Waals surface area (Å²) < 4.78 is 0. The van der Waals surface area contributed by atoms with Crippen LogP contribution in [0.5, 0.6) is 0 Å². The third-order valence-corrected chi connectivity index (χ3v) is 7.86. The quantitative estimate of drug-likeness (QED) is 0.614. The van der Waals surface area contributed by atoms with E-state index in [4.69, 9.17) is 4.98 Å². The third-order valence-electron chi connectivity index (χ3n) is 7.86. The standard InChI is InChI=1S/C27H28N2O/c30-27(28-16-17-6-2-1-3-7-17)25-15-23(22-8-4-5-9-24(22)29-25)26-20-11-18-10-19(13-20)14-21(26)12-18/h1-9,15,18-21,26H,10-14,16H2,(H,28,30). The topological polar surface area (TPSA) is 42.0 Å². The maximum absolute atomic E-state index is 13.0. The summed E-state index contributed by atoms with van der Waals surface area (Å²) in [6.45, 7) is 0.529. The maximum atomic E-state index is 13.0. The lowest BCUT2D eigenvalue weighted by Crippen LogP contribution is -2.43. The van der Waals surface area contributed by atoms with Crippen LogP contribution in [0, 0.1) is 23.7 Å². The largest absolute Gasteiger partial charge is 0.347 e. The fourth-order valence-electron chi connectivity index (χ4n) is 6.90. The molecule has 0 atom stereocenters. The van der Waals surface area contributed by atoms with Gasteiger partial charge in [-0.15, -0.1) is 0 Å². The summed E-state index contributed by atoms with van der Waals surface area (Å²) >= 11 is 0. The van der Waals surface area contributed by atoms with Gasteiger partial charge in [-0.3, -0.25) is 4.79 Å². The highest BCUT2D eigenvalue weighted by molar-refractivity contribution is 5.96. The summed E-state index contributed by atoms with van der Waals surface area (Å²) in [5.74, 6) is 3.98. The number of para-hydroxylation sites is 1. The van der Waals surface area contributed by atoms with E-state index in [0.29, 0.717) is 18.2 Å². The Labute approximate surface area is 177 Å². The van der Waals surface area contributed by atoms with Crippen LogP contribution in [0.25, 0.3) is 10.9 Å². The summed E-state index contributed by atoms with van der Waals surface area (Å²) in [5, 5.41) is 4.32. The molecule has 4 aliphatic carbocycles. The van der Waals surface area contributed by atoms with Gasteiger partial charge in [-0.2, -0.15) is 0 Å². The maximum Gasteiger partial charge on any atom is 0.270 e. The van der Waals surface area contributed by atoms with Crippen LogP contribution >= 0.6 is 0 Å². The van der Waals surface area contributed by atoms with Crippen LogP contribution in [-0.4, -0.2) is 10.9 Å². The molecule has 7 rings (SSSR count). The minimum atomic E-state index is -0.0744. The molecule has 1 N–H and O–H groups in total. The number of nitrogens with one attached hydrogen (secondary N) is 1. The van der Waals surface area contributed by atoms with E-state index in [1.165, 1.54) is 43.1 Å². The van der Waals surface area contributed by atoms with E-state index in [2.05, 4.69) is 29.6 Å². The van der Waals surface area contributed by atoms with Crippen molar-refractivity contribution in [1.29, 1.82) is 0 Å². The number of nitrogens with zero attached hydrogens (tertiary/aromatic N) is 1. The van der Waals surface area contributed by atoms with Crippen LogP contribution in [0.2, 0.25) is 0 Å². The molecule has 3 heteroatoms. The Balaban J connectivity index is 1.35. The van der Waals surface area contributed by atoms with Crippen LogP contribution in [0.1, 0.15) is 59.6 Å². The van der Waals surface area contributed by atoms with Crippen LogP contribution in [-0.2, 0) is 6.54 Å². The molecule has 0 spiro atoms. The number of hydrogen-bond donors (Lipinski definition) is 1. The molecule has 4 fully saturated rings. The van der Waals surface area contributed by atoms with Gasteiger partial charge in [0.15, 0.2) is 0 Å². The zero-order valence-corrected chi connectivity index (χ0v) is 17.3. The van der Waals surface area contributed by atoms with Crippen LogP contribution in [0.4, 0.5) is 0 Å². The first-order chi connectivity index (χ1) is 14.7. The average Bonchev–Trinajstić information content (AvgIpc) is 2.77. The van der Waals surface area contributed by atoms with Crippen molar-refractivity contribution >= 4 is 16.8 Å². The Hall–Kier alpha value is -2.68. The molecule has 0 aliphatic heterocycles. The number of hydrogen-bond acceptors (Lipinski definition) is 2. The van der Waals surface area contributed by atoms with Crippen molar-refractivity contribution in [1.82, 2.24) is 10.3 Å². The van der Waals surface area contributed by atoms with E-state index in [-0.39, 0.29) is 5.91 Å². The molecule has 152 valence electrons. The number of amides is 1. The number of benzene rings is 2. The van der Waals surface area contributed by atoms with Gasteiger partial charge in [0.2, 0.25) is 0 Å². The third kappa shape index (κ3) is 3.12. The Morgan fingerprint density at radius 2 is 1.53 bits per heavy atom. The molecule has 0 radical (unpaired) electrons. The summed E-state index contributed by atoms with van der Waals surface area (Å²) in [7, 11) is 0. The molecule has 1 heterocycles. The summed E-state index contributed by atoms with van der Waals surface area (Å²) in [6, 6.07) is 20.6. The van der Waals surface area contributed by atoms with Crippen molar-refractivity contribution < 1.29 is 4.79 Å². The first-order valence-corrected chi connectivity index (χ1v) is 11.5. The zero-order chi connectivity index (χ0) is 20.1. The molecule has 3 nitrogen and oxygen atoms in total. The van der Waals surface area contributed by atoms with E-state index < -0.39 is 0 Å². The van der Waals surface area contributed by atoms with Gasteiger partial charge in [-0.1, -0.05) is 48.5 Å². The first-order valence-electron chi connectivity index (χ1n) is 11.5. The van der Waals surface area contributed by atoms with Crippen molar-refractivity contribution in [2.45, 2.75) is 44.6 Å². The molecule has 4 bridgehead atoms. The lowest BCUT2D eigenvalue weighted by molar-refractivity contribution is -0.00234. The molecule has 2 aromatic carbocycles. The molecule has 30 heavy (non-hydrogen) atoms. The highest BCUT2D eigenvalue weighted by Gasteiger charge is 2.49. The first kappa shape index (κ1) is 18.1. The molecular weight excluding hydrogens is 368 g/mol. The highest BCUT2D eigenvalue weighted by Crippen LogP contribution is 2.60. The second kappa shape index (κ2) is 7.23. The van der Waals surface area contributed by atoms with Crippen molar-refractivity contribution in [2.24, 2.45) is 23.7 Å². The molecule has 3 aromatic rings. The van der Waals surface area contributed by atoms with Gasteiger partial charge in [-0.05, 0) is 85.0 Å².